The van der Waals surface area contributed by atoms with Crippen molar-refractivity contribution in [3.8, 4) is 0 Å². The van der Waals surface area contributed by atoms with E-state index in [1.165, 1.54) is 19.4 Å². The van der Waals surface area contributed by atoms with E-state index < -0.39 is 5.97 Å². The quantitative estimate of drug-likeness (QED) is 0.828. The van der Waals surface area contributed by atoms with E-state index in [0.29, 0.717) is 6.04 Å². The molecule has 2 aliphatic rings. The van der Waals surface area contributed by atoms with Gasteiger partial charge in [-0.15, -0.1) is 0 Å². The van der Waals surface area contributed by atoms with Crippen molar-refractivity contribution >= 4 is 5.97 Å². The van der Waals surface area contributed by atoms with Crippen molar-refractivity contribution in [2.45, 2.75) is 45.1 Å². The third-order valence-corrected chi connectivity index (χ3v) is 4.46. The van der Waals surface area contributed by atoms with Gasteiger partial charge >= 0.3 is 5.97 Å². The van der Waals surface area contributed by atoms with Crippen molar-refractivity contribution in [1.29, 1.82) is 0 Å². The number of piperazine rings is 1. The van der Waals surface area contributed by atoms with Gasteiger partial charge in [-0.25, -0.2) is 0 Å². The largest absolute Gasteiger partial charge is 0.481 e. The summed E-state index contributed by atoms with van der Waals surface area (Å²) in [5.41, 5.74) is 0. The van der Waals surface area contributed by atoms with Crippen molar-refractivity contribution in [2.75, 3.05) is 32.7 Å². The summed E-state index contributed by atoms with van der Waals surface area (Å²) in [6, 6.07) is 0.292. The van der Waals surface area contributed by atoms with Crippen molar-refractivity contribution in [3.63, 3.8) is 0 Å². The van der Waals surface area contributed by atoms with Gasteiger partial charge in [-0.2, -0.15) is 0 Å². The molecule has 4 nitrogen and oxygen atoms in total. The van der Waals surface area contributed by atoms with Crippen LogP contribution >= 0.6 is 0 Å². The number of nitrogens with zero attached hydrogens (tertiary/aromatic N) is 2. The fraction of sp³-hybridized carbons (Fsp3) is 0.929. The number of hydrogen-bond donors (Lipinski definition) is 1. The molecule has 0 bridgehead atoms. The van der Waals surface area contributed by atoms with E-state index in [1.807, 2.05) is 0 Å². The van der Waals surface area contributed by atoms with Gasteiger partial charge in [-0.3, -0.25) is 9.69 Å². The Balaban J connectivity index is 1.88. The van der Waals surface area contributed by atoms with Crippen LogP contribution in [0.3, 0.4) is 0 Å². The van der Waals surface area contributed by atoms with Gasteiger partial charge < -0.3 is 10.0 Å². The van der Waals surface area contributed by atoms with Crippen LogP contribution in [-0.2, 0) is 4.79 Å². The average Bonchev–Trinajstić information content (AvgIpc) is 2.40. The zero-order valence-corrected chi connectivity index (χ0v) is 11.5. The monoisotopic (exact) mass is 254 g/mol. The molecule has 0 aromatic carbocycles. The molecule has 2 unspecified atom stereocenters. The molecule has 2 atom stereocenters. The topological polar surface area (TPSA) is 43.8 Å². The molecule has 1 heterocycles. The Labute approximate surface area is 110 Å². The number of carboxylic acids is 1. The van der Waals surface area contributed by atoms with Gasteiger partial charge in [0, 0.05) is 32.2 Å². The van der Waals surface area contributed by atoms with Gasteiger partial charge in [0.05, 0.1) is 5.92 Å². The molecule has 1 aliphatic carbocycles. The standard InChI is InChI=1S/C14H26N2O2/c1-2-7-15-8-10-16(11-9-15)13-6-4-3-5-12(13)14(17)18/h12-13H,2-11H2,1H3,(H,17,18). The number of carboxylic acid groups (broad SMARTS) is 1. The first kappa shape index (κ1) is 13.8. The summed E-state index contributed by atoms with van der Waals surface area (Å²) < 4.78 is 0. The van der Waals surface area contributed by atoms with E-state index in [4.69, 9.17) is 0 Å². The predicted molar refractivity (Wildman–Crippen MR) is 71.7 cm³/mol. The fourth-order valence-corrected chi connectivity index (χ4v) is 3.47. The Hall–Kier alpha value is -0.610. The lowest BCUT2D eigenvalue weighted by atomic mass is 9.83. The number of aliphatic carboxylic acids is 1. The molecule has 0 spiro atoms. The lowest BCUT2D eigenvalue weighted by Crippen LogP contribution is -2.54. The first-order valence-corrected chi connectivity index (χ1v) is 7.41. The molecule has 1 aliphatic heterocycles. The molecular formula is C14H26N2O2. The lowest BCUT2D eigenvalue weighted by molar-refractivity contribution is -0.146. The van der Waals surface area contributed by atoms with Crippen LogP contribution in [0, 0.1) is 5.92 Å². The van der Waals surface area contributed by atoms with Crippen LogP contribution in [0.25, 0.3) is 0 Å². The number of hydrogen-bond acceptors (Lipinski definition) is 3. The van der Waals surface area contributed by atoms with Crippen molar-refractivity contribution in [1.82, 2.24) is 9.80 Å². The molecule has 0 aromatic rings. The van der Waals surface area contributed by atoms with Crippen LogP contribution in [0.4, 0.5) is 0 Å². The molecule has 0 aromatic heterocycles. The number of carbonyl (C=O) groups is 1. The van der Waals surface area contributed by atoms with Crippen LogP contribution in [0.15, 0.2) is 0 Å². The smallest absolute Gasteiger partial charge is 0.308 e. The summed E-state index contributed by atoms with van der Waals surface area (Å²) in [5, 5.41) is 9.34. The summed E-state index contributed by atoms with van der Waals surface area (Å²) in [7, 11) is 0. The zero-order chi connectivity index (χ0) is 13.0. The first-order chi connectivity index (χ1) is 8.72. The van der Waals surface area contributed by atoms with Crippen molar-refractivity contribution < 1.29 is 9.90 Å². The average molecular weight is 254 g/mol. The molecule has 18 heavy (non-hydrogen) atoms. The van der Waals surface area contributed by atoms with Gasteiger partial charge in [0.25, 0.3) is 0 Å². The lowest BCUT2D eigenvalue weighted by Gasteiger charge is -2.43. The van der Waals surface area contributed by atoms with Crippen molar-refractivity contribution in [2.24, 2.45) is 5.92 Å². The highest BCUT2D eigenvalue weighted by atomic mass is 16.4. The molecule has 0 radical (unpaired) electrons. The molecule has 104 valence electrons. The van der Waals surface area contributed by atoms with E-state index in [9.17, 15) is 9.90 Å². The van der Waals surface area contributed by atoms with Gasteiger partial charge in [-0.1, -0.05) is 19.8 Å². The van der Waals surface area contributed by atoms with E-state index in [2.05, 4.69) is 16.7 Å². The molecule has 1 saturated carbocycles. The zero-order valence-electron chi connectivity index (χ0n) is 11.5. The minimum Gasteiger partial charge on any atom is -0.481 e. The van der Waals surface area contributed by atoms with Gasteiger partial charge in [-0.05, 0) is 25.8 Å². The highest BCUT2D eigenvalue weighted by Gasteiger charge is 2.35. The second-order valence-corrected chi connectivity index (χ2v) is 5.67. The van der Waals surface area contributed by atoms with Crippen LogP contribution in [0.1, 0.15) is 39.0 Å². The highest BCUT2D eigenvalue weighted by molar-refractivity contribution is 5.71. The van der Waals surface area contributed by atoms with Gasteiger partial charge in [0.1, 0.15) is 0 Å². The Bertz CT molecular complexity index is 275. The van der Waals surface area contributed by atoms with E-state index >= 15 is 0 Å². The fourth-order valence-electron chi connectivity index (χ4n) is 3.47. The second kappa shape index (κ2) is 6.53. The Kier molecular flexibility index (Phi) is 5.01. The molecule has 2 rings (SSSR count). The Morgan fingerprint density at radius 2 is 1.83 bits per heavy atom. The third kappa shape index (κ3) is 3.23. The van der Waals surface area contributed by atoms with Crippen LogP contribution in [-0.4, -0.2) is 59.6 Å². The maximum absolute atomic E-state index is 11.3. The van der Waals surface area contributed by atoms with Gasteiger partial charge in [0.15, 0.2) is 0 Å². The minimum absolute atomic E-state index is 0.128. The Morgan fingerprint density at radius 3 is 2.44 bits per heavy atom. The van der Waals surface area contributed by atoms with Gasteiger partial charge in [0.2, 0.25) is 0 Å². The third-order valence-electron chi connectivity index (χ3n) is 4.46. The Morgan fingerprint density at radius 1 is 1.17 bits per heavy atom. The normalized spacial score (nSPS) is 31.4. The van der Waals surface area contributed by atoms with Crippen LogP contribution < -0.4 is 0 Å². The van der Waals surface area contributed by atoms with Crippen LogP contribution in [0.2, 0.25) is 0 Å². The molecule has 0 amide bonds. The first-order valence-electron chi connectivity index (χ1n) is 7.41. The SMILES string of the molecule is CCCN1CCN(C2CCCCC2C(=O)O)CC1. The van der Waals surface area contributed by atoms with E-state index in [-0.39, 0.29) is 5.92 Å². The molecule has 1 saturated heterocycles. The number of rotatable bonds is 4. The molecular weight excluding hydrogens is 228 g/mol. The predicted octanol–water partition coefficient (Wildman–Crippen LogP) is 1.66. The summed E-state index contributed by atoms with van der Waals surface area (Å²) in [6.07, 6.45) is 5.44. The second-order valence-electron chi connectivity index (χ2n) is 5.67. The highest BCUT2D eigenvalue weighted by Crippen LogP contribution is 2.29. The molecule has 2 fully saturated rings. The molecule has 4 heteroatoms. The summed E-state index contributed by atoms with van der Waals surface area (Å²) in [4.78, 5) is 16.3. The maximum Gasteiger partial charge on any atom is 0.308 e. The summed E-state index contributed by atoms with van der Waals surface area (Å²) >= 11 is 0. The van der Waals surface area contributed by atoms with Crippen molar-refractivity contribution in [3.05, 3.63) is 0 Å². The summed E-state index contributed by atoms with van der Waals surface area (Å²) in [6.45, 7) is 7.71. The molecule has 1 N–H and O–H groups in total. The summed E-state index contributed by atoms with van der Waals surface area (Å²) in [5.74, 6) is -0.716. The van der Waals surface area contributed by atoms with Crippen LogP contribution in [0.5, 0.6) is 0 Å². The maximum atomic E-state index is 11.3. The van der Waals surface area contributed by atoms with E-state index in [1.54, 1.807) is 0 Å². The minimum atomic E-state index is -0.587. The van der Waals surface area contributed by atoms with E-state index in [0.717, 1.165) is 45.4 Å².